The highest BCUT2D eigenvalue weighted by Gasteiger charge is 2.36. The molecule has 0 aliphatic carbocycles. The molecule has 1 aromatic carbocycles. The monoisotopic (exact) mass is 412 g/mol. The summed E-state index contributed by atoms with van der Waals surface area (Å²) >= 11 is 3.43. The minimum absolute atomic E-state index is 0. The molecule has 1 aliphatic heterocycles. The molecule has 130 valence electrons. The zero-order valence-corrected chi connectivity index (χ0v) is 16.2. The minimum Gasteiger partial charge on any atom is -0.338 e. The lowest BCUT2D eigenvalue weighted by atomic mass is 9.90. The van der Waals surface area contributed by atoms with Crippen LogP contribution in [0.3, 0.4) is 0 Å². The summed E-state index contributed by atoms with van der Waals surface area (Å²) in [5.74, 6) is 0.0445. The van der Waals surface area contributed by atoms with Gasteiger partial charge in [0.1, 0.15) is 0 Å². The van der Waals surface area contributed by atoms with E-state index in [9.17, 15) is 4.79 Å². The molecule has 1 atom stereocenters. The third kappa shape index (κ3) is 3.50. The van der Waals surface area contributed by atoms with Crippen LogP contribution in [-0.2, 0) is 0 Å². The minimum atomic E-state index is 0. The van der Waals surface area contributed by atoms with Gasteiger partial charge in [0.25, 0.3) is 5.91 Å². The molecule has 5 nitrogen and oxygen atoms in total. The Balaban J connectivity index is 0.00000208. The Bertz CT molecular complexity index is 731. The van der Waals surface area contributed by atoms with Crippen molar-refractivity contribution in [2.24, 2.45) is 11.1 Å². The first kappa shape index (κ1) is 19.0. The smallest absolute Gasteiger partial charge is 0.257 e. The van der Waals surface area contributed by atoms with Crippen molar-refractivity contribution < 1.29 is 4.79 Å². The van der Waals surface area contributed by atoms with E-state index in [1.54, 1.807) is 10.9 Å². The van der Waals surface area contributed by atoms with E-state index >= 15 is 0 Å². The first-order chi connectivity index (χ1) is 10.9. The molecule has 0 saturated carbocycles. The maximum absolute atomic E-state index is 12.8. The van der Waals surface area contributed by atoms with Gasteiger partial charge in [-0.1, -0.05) is 22.9 Å². The molecule has 3 rings (SSSR count). The number of benzene rings is 1. The van der Waals surface area contributed by atoms with Gasteiger partial charge in [-0.2, -0.15) is 5.10 Å². The van der Waals surface area contributed by atoms with E-state index in [2.05, 4.69) is 28.0 Å². The van der Waals surface area contributed by atoms with Crippen LogP contribution in [0.4, 0.5) is 0 Å². The maximum atomic E-state index is 12.8. The molecule has 1 amide bonds. The highest BCUT2D eigenvalue weighted by molar-refractivity contribution is 9.10. The molecule has 1 unspecified atom stereocenters. The second-order valence-corrected chi connectivity index (χ2v) is 7.44. The number of carbonyl (C=O) groups is 1. The van der Waals surface area contributed by atoms with Crippen LogP contribution in [0.2, 0.25) is 0 Å². The van der Waals surface area contributed by atoms with Crippen molar-refractivity contribution in [3.63, 3.8) is 0 Å². The highest BCUT2D eigenvalue weighted by atomic mass is 79.9. The molecule has 2 aromatic rings. The molecule has 0 spiro atoms. The van der Waals surface area contributed by atoms with E-state index in [-0.39, 0.29) is 23.7 Å². The number of halogens is 2. The first-order valence-corrected chi connectivity index (χ1v) is 8.53. The number of nitrogens with two attached hydrogens (primary N) is 1. The molecule has 0 radical (unpaired) electrons. The van der Waals surface area contributed by atoms with Gasteiger partial charge in [-0.15, -0.1) is 12.4 Å². The summed E-state index contributed by atoms with van der Waals surface area (Å²) in [4.78, 5) is 14.7. The number of hydrogen-bond donors (Lipinski definition) is 1. The summed E-state index contributed by atoms with van der Waals surface area (Å²) in [7, 11) is 0. The van der Waals surface area contributed by atoms with Gasteiger partial charge < -0.3 is 10.6 Å². The second kappa shape index (κ2) is 7.25. The Morgan fingerprint density at radius 2 is 2.04 bits per heavy atom. The molecule has 2 N–H and O–H groups in total. The lowest BCUT2D eigenvalue weighted by Gasteiger charge is -2.22. The van der Waals surface area contributed by atoms with Crippen LogP contribution in [-0.4, -0.2) is 40.2 Å². The SMILES string of the molecule is Cc1c(C(=O)N2CCC(C)(CN)C2)cnn1-c1ccc(Br)cc1.Cl. The molecule has 1 aliphatic rings. The van der Waals surface area contributed by atoms with Crippen LogP contribution in [0.1, 0.15) is 29.4 Å². The van der Waals surface area contributed by atoms with Crippen molar-refractivity contribution in [2.45, 2.75) is 20.3 Å². The van der Waals surface area contributed by atoms with Crippen LogP contribution in [0.5, 0.6) is 0 Å². The Morgan fingerprint density at radius 1 is 1.38 bits per heavy atom. The third-order valence-corrected chi connectivity index (χ3v) is 5.18. The van der Waals surface area contributed by atoms with Crippen molar-refractivity contribution in [1.29, 1.82) is 0 Å². The van der Waals surface area contributed by atoms with Crippen molar-refractivity contribution in [3.05, 3.63) is 46.2 Å². The van der Waals surface area contributed by atoms with Gasteiger partial charge in [0.15, 0.2) is 0 Å². The van der Waals surface area contributed by atoms with Crippen LogP contribution >= 0.6 is 28.3 Å². The average molecular weight is 414 g/mol. The van der Waals surface area contributed by atoms with E-state index in [0.29, 0.717) is 18.7 Å². The lowest BCUT2D eigenvalue weighted by Crippen LogP contribution is -2.34. The molecule has 0 bridgehead atoms. The van der Waals surface area contributed by atoms with Crippen LogP contribution < -0.4 is 5.73 Å². The zero-order chi connectivity index (χ0) is 16.6. The van der Waals surface area contributed by atoms with Gasteiger partial charge in [0.2, 0.25) is 0 Å². The van der Waals surface area contributed by atoms with Crippen molar-refractivity contribution in [3.8, 4) is 5.69 Å². The van der Waals surface area contributed by atoms with E-state index in [4.69, 9.17) is 5.73 Å². The van der Waals surface area contributed by atoms with E-state index in [1.807, 2.05) is 36.1 Å². The molecular weight excluding hydrogens is 392 g/mol. The lowest BCUT2D eigenvalue weighted by molar-refractivity contribution is 0.0776. The zero-order valence-electron chi connectivity index (χ0n) is 13.8. The van der Waals surface area contributed by atoms with Gasteiger partial charge >= 0.3 is 0 Å². The van der Waals surface area contributed by atoms with Gasteiger partial charge in [0.05, 0.1) is 23.1 Å². The molecule has 1 saturated heterocycles. The van der Waals surface area contributed by atoms with Crippen LogP contribution in [0.15, 0.2) is 34.9 Å². The Morgan fingerprint density at radius 3 is 2.62 bits per heavy atom. The number of rotatable bonds is 3. The van der Waals surface area contributed by atoms with E-state index < -0.39 is 0 Å². The molecule has 1 aromatic heterocycles. The van der Waals surface area contributed by atoms with Crippen LogP contribution in [0, 0.1) is 12.3 Å². The number of amides is 1. The van der Waals surface area contributed by atoms with Gasteiger partial charge in [-0.3, -0.25) is 4.79 Å². The van der Waals surface area contributed by atoms with Crippen molar-refractivity contribution in [1.82, 2.24) is 14.7 Å². The van der Waals surface area contributed by atoms with Gasteiger partial charge in [0, 0.05) is 17.6 Å². The first-order valence-electron chi connectivity index (χ1n) is 7.73. The standard InChI is InChI=1S/C17H21BrN4O.ClH/c1-12-15(16(23)21-8-7-17(2,10-19)11-21)9-20-22(12)14-5-3-13(18)4-6-14;/h3-6,9H,7-8,10-11,19H2,1-2H3;1H. The average Bonchev–Trinajstić information content (AvgIpc) is 3.12. The summed E-state index contributed by atoms with van der Waals surface area (Å²) in [5.41, 5.74) is 8.33. The predicted molar refractivity (Wildman–Crippen MR) is 101 cm³/mol. The van der Waals surface area contributed by atoms with E-state index in [1.165, 1.54) is 0 Å². The fourth-order valence-electron chi connectivity index (χ4n) is 3.00. The van der Waals surface area contributed by atoms with Gasteiger partial charge in [-0.25, -0.2) is 4.68 Å². The van der Waals surface area contributed by atoms with E-state index in [0.717, 1.165) is 28.8 Å². The fraction of sp³-hybridized carbons (Fsp3) is 0.412. The Kier molecular flexibility index (Phi) is 5.73. The normalized spacial score (nSPS) is 20.1. The summed E-state index contributed by atoms with van der Waals surface area (Å²) in [6.07, 6.45) is 2.62. The second-order valence-electron chi connectivity index (χ2n) is 6.52. The van der Waals surface area contributed by atoms with Crippen molar-refractivity contribution >= 4 is 34.2 Å². The molecule has 1 fully saturated rings. The molecule has 24 heavy (non-hydrogen) atoms. The maximum Gasteiger partial charge on any atom is 0.257 e. The Hall–Kier alpha value is -1.37. The number of nitrogens with zero attached hydrogens (tertiary/aromatic N) is 3. The van der Waals surface area contributed by atoms with Crippen molar-refractivity contribution in [2.75, 3.05) is 19.6 Å². The summed E-state index contributed by atoms with van der Waals surface area (Å²) in [6, 6.07) is 7.87. The quantitative estimate of drug-likeness (QED) is 0.840. The molecule has 7 heteroatoms. The summed E-state index contributed by atoms with van der Waals surface area (Å²) in [5, 5.41) is 4.39. The third-order valence-electron chi connectivity index (χ3n) is 4.65. The topological polar surface area (TPSA) is 64.2 Å². The number of aromatic nitrogens is 2. The summed E-state index contributed by atoms with van der Waals surface area (Å²) in [6.45, 7) is 6.15. The number of hydrogen-bond acceptors (Lipinski definition) is 3. The Labute approximate surface area is 156 Å². The highest BCUT2D eigenvalue weighted by Crippen LogP contribution is 2.30. The fourth-order valence-corrected chi connectivity index (χ4v) is 3.26. The molecular formula is C17H22BrClN4O. The van der Waals surface area contributed by atoms with Gasteiger partial charge in [-0.05, 0) is 49.6 Å². The predicted octanol–water partition coefficient (Wildman–Crippen LogP) is 3.18. The molecule has 2 heterocycles. The number of likely N-dealkylation sites (tertiary alicyclic amines) is 1. The largest absolute Gasteiger partial charge is 0.338 e. The van der Waals surface area contributed by atoms with Crippen LogP contribution in [0.25, 0.3) is 5.69 Å². The number of carbonyl (C=O) groups excluding carboxylic acids is 1. The summed E-state index contributed by atoms with van der Waals surface area (Å²) < 4.78 is 2.82.